The van der Waals surface area contributed by atoms with Crippen LogP contribution >= 0.6 is 11.6 Å². The van der Waals surface area contributed by atoms with Gasteiger partial charge in [-0.15, -0.1) is 0 Å². The summed E-state index contributed by atoms with van der Waals surface area (Å²) in [4.78, 5) is 28.4. The highest BCUT2D eigenvalue weighted by Crippen LogP contribution is 2.49. The van der Waals surface area contributed by atoms with E-state index in [1.54, 1.807) is 64.0 Å². The molecule has 0 aliphatic heterocycles. The van der Waals surface area contributed by atoms with Crippen LogP contribution in [0.15, 0.2) is 51.7 Å². The van der Waals surface area contributed by atoms with Gasteiger partial charge in [0, 0.05) is 31.5 Å². The summed E-state index contributed by atoms with van der Waals surface area (Å²) in [5.74, 6) is 0.602. The van der Waals surface area contributed by atoms with Crippen LogP contribution in [0.4, 0.5) is 0 Å². The van der Waals surface area contributed by atoms with Crippen LogP contribution in [-0.2, 0) is 44.6 Å². The molecule has 2 aliphatic rings. The molecule has 4 heterocycles. The predicted octanol–water partition coefficient (Wildman–Crippen LogP) is 5.07. The van der Waals surface area contributed by atoms with Crippen LogP contribution in [0.5, 0.6) is 0 Å². The molecule has 6 rings (SSSR count). The lowest BCUT2D eigenvalue weighted by Crippen LogP contribution is -2.12. The van der Waals surface area contributed by atoms with E-state index in [9.17, 15) is 32.2 Å². The molecule has 260 valence electrons. The summed E-state index contributed by atoms with van der Waals surface area (Å²) in [6.45, 7) is 4.90. The summed E-state index contributed by atoms with van der Waals surface area (Å²) in [5, 5.41) is 19.4. The van der Waals surface area contributed by atoms with Gasteiger partial charge in [0.25, 0.3) is 0 Å². The number of hydrogen-bond donors (Lipinski definition) is 0. The summed E-state index contributed by atoms with van der Waals surface area (Å²) < 4.78 is 53.7. The fourth-order valence-corrected chi connectivity index (χ4v) is 7.67. The molecule has 2 saturated carbocycles. The molecule has 0 atom stereocenters. The lowest BCUT2D eigenvalue weighted by Gasteiger charge is -2.13. The molecule has 16 heteroatoms. The third-order valence-corrected chi connectivity index (χ3v) is 12.7. The molecule has 50 heavy (non-hydrogen) atoms. The third kappa shape index (κ3) is 6.73. The van der Waals surface area contributed by atoms with Crippen LogP contribution in [0, 0.1) is 22.7 Å². The first kappa shape index (κ1) is 36.6. The molecule has 13 nitrogen and oxygen atoms in total. The number of sulfone groups is 2. The van der Waals surface area contributed by atoms with Crippen molar-refractivity contribution in [3.05, 3.63) is 64.5 Å². The largest absolute Gasteiger partial charge is 0.326 e. The maximum Gasteiger partial charge on any atom is 0.180 e. The topological polar surface area (TPSA) is 194 Å². The van der Waals surface area contributed by atoms with Gasteiger partial charge < -0.3 is 9.13 Å². The number of halogens is 1. The van der Waals surface area contributed by atoms with Gasteiger partial charge in [-0.3, -0.25) is 14.8 Å². The summed E-state index contributed by atoms with van der Waals surface area (Å²) in [5.41, 5.74) is 1.60. The molecular weight excluding hydrogens is 700 g/mol. The molecule has 2 aliphatic carbocycles. The Kier molecular flexibility index (Phi) is 9.91. The maximum atomic E-state index is 12.7. The van der Waals surface area contributed by atoms with Gasteiger partial charge in [-0.05, 0) is 61.9 Å². The van der Waals surface area contributed by atoms with Gasteiger partial charge >= 0.3 is 0 Å². The molecular formula is C34H35ClN8O5S2. The van der Waals surface area contributed by atoms with Crippen molar-refractivity contribution in [1.29, 1.82) is 10.5 Å². The number of allylic oxidation sites excluding steroid dienone is 1. The van der Waals surface area contributed by atoms with E-state index in [0.717, 1.165) is 18.5 Å². The Morgan fingerprint density at radius 2 is 1.18 bits per heavy atom. The second-order valence-corrected chi connectivity index (χ2v) is 17.4. The van der Waals surface area contributed by atoms with Crippen LogP contribution < -0.4 is 0 Å². The SMILES string of the molecule is CCS(=O)(=O)c1cc(C2(C#N)CC2)cnc1-c1ncc(C=C(C)Cl)n1C.CCS(=O)(=O)c1cc(C2(C#N)CC2)cnc1-c1ncc(C=O)n1C. The van der Waals surface area contributed by atoms with Gasteiger partial charge in [0.2, 0.25) is 0 Å². The fourth-order valence-electron chi connectivity index (χ4n) is 5.45. The smallest absolute Gasteiger partial charge is 0.180 e. The normalized spacial score (nSPS) is 16.0. The Balaban J connectivity index is 0.000000195. The quantitative estimate of drug-likeness (QED) is 0.197. The van der Waals surface area contributed by atoms with E-state index >= 15 is 0 Å². The van der Waals surface area contributed by atoms with E-state index in [1.807, 2.05) is 0 Å². The molecule has 0 radical (unpaired) electrons. The average molecular weight is 735 g/mol. The van der Waals surface area contributed by atoms with Crippen molar-refractivity contribution in [2.24, 2.45) is 14.1 Å². The third-order valence-electron chi connectivity index (χ3n) is 9.11. The average Bonchev–Trinajstić information content (AvgIpc) is 4.03. The van der Waals surface area contributed by atoms with E-state index < -0.39 is 30.5 Å². The van der Waals surface area contributed by atoms with Crippen LogP contribution in [0.2, 0.25) is 0 Å². The lowest BCUT2D eigenvalue weighted by atomic mass is 9.99. The molecule has 0 saturated heterocycles. The molecule has 0 aromatic carbocycles. The number of imidazole rings is 2. The number of pyridine rings is 2. The zero-order chi connectivity index (χ0) is 36.6. The van der Waals surface area contributed by atoms with E-state index in [2.05, 4.69) is 32.1 Å². The summed E-state index contributed by atoms with van der Waals surface area (Å²) in [7, 11) is -3.70. The number of rotatable bonds is 10. The van der Waals surface area contributed by atoms with E-state index in [1.165, 1.54) is 23.0 Å². The van der Waals surface area contributed by atoms with Crippen LogP contribution in [-0.4, -0.2) is 63.7 Å². The Morgan fingerprint density at radius 3 is 1.50 bits per heavy atom. The highest BCUT2D eigenvalue weighted by atomic mass is 35.5. The van der Waals surface area contributed by atoms with Crippen molar-refractivity contribution in [1.82, 2.24) is 29.1 Å². The van der Waals surface area contributed by atoms with Gasteiger partial charge in [0.15, 0.2) is 37.6 Å². The first-order valence-electron chi connectivity index (χ1n) is 15.7. The Labute approximate surface area is 296 Å². The zero-order valence-electron chi connectivity index (χ0n) is 28.2. The number of nitrogens with zero attached hydrogens (tertiary/aromatic N) is 8. The molecule has 4 aromatic rings. The zero-order valence-corrected chi connectivity index (χ0v) is 30.6. The number of aldehydes is 1. The molecule has 4 aromatic heterocycles. The van der Waals surface area contributed by atoms with Crippen molar-refractivity contribution in [3.63, 3.8) is 0 Å². The van der Waals surface area contributed by atoms with Gasteiger partial charge in [0.05, 0.1) is 62.4 Å². The molecule has 0 unspecified atom stereocenters. The molecule has 0 N–H and O–H groups in total. The van der Waals surface area contributed by atoms with Crippen molar-refractivity contribution in [2.75, 3.05) is 11.5 Å². The number of carbonyl (C=O) groups excluding carboxylic acids is 1. The van der Waals surface area contributed by atoms with E-state index in [4.69, 9.17) is 11.6 Å². The van der Waals surface area contributed by atoms with Gasteiger partial charge in [-0.2, -0.15) is 10.5 Å². The molecule has 0 bridgehead atoms. The second kappa shape index (κ2) is 13.5. The molecule has 0 amide bonds. The van der Waals surface area contributed by atoms with Crippen molar-refractivity contribution in [3.8, 4) is 35.2 Å². The number of carbonyl (C=O) groups is 1. The van der Waals surface area contributed by atoms with Crippen LogP contribution in [0.1, 0.15) is 73.8 Å². The Hall–Kier alpha value is -4.70. The summed E-state index contributed by atoms with van der Waals surface area (Å²) in [6.07, 6.45) is 11.4. The minimum atomic E-state index is -3.57. The van der Waals surface area contributed by atoms with Crippen LogP contribution in [0.3, 0.4) is 0 Å². The molecule has 2 fully saturated rings. The van der Waals surface area contributed by atoms with E-state index in [0.29, 0.717) is 58.3 Å². The van der Waals surface area contributed by atoms with Crippen LogP contribution in [0.25, 0.3) is 29.1 Å². The number of nitriles is 2. The van der Waals surface area contributed by atoms with Crippen molar-refractivity contribution >= 4 is 43.6 Å². The van der Waals surface area contributed by atoms with Gasteiger partial charge in [-0.25, -0.2) is 26.8 Å². The number of hydrogen-bond acceptors (Lipinski definition) is 11. The summed E-state index contributed by atoms with van der Waals surface area (Å²) in [6, 6.07) is 7.66. The lowest BCUT2D eigenvalue weighted by molar-refractivity contribution is 0.111. The van der Waals surface area contributed by atoms with Gasteiger partial charge in [-0.1, -0.05) is 25.4 Å². The summed E-state index contributed by atoms with van der Waals surface area (Å²) >= 11 is 5.94. The Bertz CT molecular complexity index is 2340. The monoisotopic (exact) mass is 734 g/mol. The number of aromatic nitrogens is 6. The first-order valence-corrected chi connectivity index (χ1v) is 19.4. The standard InChI is InChI=1S/C18H19ClN4O2S.C16H16N4O3S/c1-4-26(24,25)15-8-13(18(11-20)5-6-18)9-21-16(15)17-22-10-14(23(17)3)7-12(2)19;1-3-24(22,23)13-6-11(16(10-17)4-5-16)7-18-14(13)15-19-8-12(9-21)20(15)2/h7-10H,4-6H2,1-3H3;6-9H,3-5H2,1-2H3. The van der Waals surface area contributed by atoms with Gasteiger partial charge in [0.1, 0.15) is 17.1 Å². The Morgan fingerprint density at radius 1 is 0.780 bits per heavy atom. The predicted molar refractivity (Wildman–Crippen MR) is 186 cm³/mol. The minimum Gasteiger partial charge on any atom is -0.326 e. The van der Waals surface area contributed by atoms with Crippen molar-refractivity contribution < 1.29 is 21.6 Å². The molecule has 0 spiro atoms. The highest BCUT2D eigenvalue weighted by molar-refractivity contribution is 7.91. The first-order chi connectivity index (χ1) is 23.6. The maximum absolute atomic E-state index is 12.7. The van der Waals surface area contributed by atoms with E-state index in [-0.39, 0.29) is 27.0 Å². The highest BCUT2D eigenvalue weighted by Gasteiger charge is 2.47. The van der Waals surface area contributed by atoms with Crippen molar-refractivity contribution in [2.45, 2.75) is 67.1 Å². The second-order valence-electron chi connectivity index (χ2n) is 12.3. The fraction of sp³-hybridized carbons (Fsp3) is 0.382. The minimum absolute atomic E-state index is 0.0511.